The maximum absolute atomic E-state index is 6.10. The van der Waals surface area contributed by atoms with Gasteiger partial charge in [0.25, 0.3) is 0 Å². The quantitative estimate of drug-likeness (QED) is 0.420. The maximum Gasteiger partial charge on any atom is 0.227 e. The van der Waals surface area contributed by atoms with Crippen LogP contribution < -0.4 is 10.1 Å². The fraction of sp³-hybridized carbons (Fsp3) is 0.120. The minimum atomic E-state index is -0.172. The number of anilines is 1. The van der Waals surface area contributed by atoms with Gasteiger partial charge >= 0.3 is 0 Å². The third-order valence-corrected chi connectivity index (χ3v) is 5.44. The summed E-state index contributed by atoms with van der Waals surface area (Å²) in [4.78, 5) is 4.80. The largest absolute Gasteiger partial charge is 0.494 e. The van der Waals surface area contributed by atoms with Crippen LogP contribution in [-0.4, -0.2) is 21.4 Å². The van der Waals surface area contributed by atoms with Gasteiger partial charge in [0.05, 0.1) is 6.61 Å². The average Bonchev–Trinajstić information content (AvgIpc) is 3.25. The number of hydrogen-bond acceptors (Lipinski definition) is 4. The second-order valence-electron chi connectivity index (χ2n) is 7.20. The highest BCUT2D eigenvalue weighted by Gasteiger charge is 2.27. The summed E-state index contributed by atoms with van der Waals surface area (Å²) in [5, 5.41) is 8.99. The van der Waals surface area contributed by atoms with Gasteiger partial charge in [-0.05, 0) is 36.8 Å². The highest BCUT2D eigenvalue weighted by Crippen LogP contribution is 2.37. The van der Waals surface area contributed by atoms with E-state index in [-0.39, 0.29) is 6.04 Å². The molecule has 0 bridgehead atoms. The van der Waals surface area contributed by atoms with Crippen LogP contribution in [0.2, 0.25) is 5.02 Å². The Morgan fingerprint density at radius 1 is 0.935 bits per heavy atom. The lowest BCUT2D eigenvalue weighted by Crippen LogP contribution is -2.20. The first kappa shape index (κ1) is 19.4. The van der Waals surface area contributed by atoms with E-state index in [4.69, 9.17) is 26.4 Å². The molecular formula is C25H21ClN4O. The first-order valence-corrected chi connectivity index (χ1v) is 10.6. The molecule has 154 valence electrons. The van der Waals surface area contributed by atoms with E-state index in [0.717, 1.165) is 28.1 Å². The summed E-state index contributed by atoms with van der Waals surface area (Å²) in [5.41, 5.74) is 3.98. The molecule has 1 aromatic heterocycles. The van der Waals surface area contributed by atoms with E-state index in [1.165, 1.54) is 0 Å². The van der Waals surface area contributed by atoms with Crippen LogP contribution in [0.1, 0.15) is 24.1 Å². The van der Waals surface area contributed by atoms with Gasteiger partial charge in [0.1, 0.15) is 11.8 Å². The topological polar surface area (TPSA) is 52.0 Å². The lowest BCUT2D eigenvalue weighted by Gasteiger charge is -2.25. The molecule has 0 spiro atoms. The van der Waals surface area contributed by atoms with Crippen LogP contribution in [-0.2, 0) is 0 Å². The zero-order chi connectivity index (χ0) is 21.2. The minimum absolute atomic E-state index is 0.172. The molecule has 3 aromatic carbocycles. The van der Waals surface area contributed by atoms with Crippen LogP contribution in [0, 0.1) is 0 Å². The Labute approximate surface area is 186 Å². The van der Waals surface area contributed by atoms with Crippen LogP contribution in [0.3, 0.4) is 0 Å². The van der Waals surface area contributed by atoms with Crippen molar-refractivity contribution in [3.8, 4) is 17.1 Å². The van der Waals surface area contributed by atoms with Gasteiger partial charge in [-0.15, -0.1) is 5.10 Å². The van der Waals surface area contributed by atoms with Crippen LogP contribution in [0.25, 0.3) is 17.1 Å². The number of para-hydroxylation sites is 1. The number of aromatic nitrogens is 3. The van der Waals surface area contributed by atoms with Crippen molar-refractivity contribution in [3.63, 3.8) is 0 Å². The average molecular weight is 429 g/mol. The predicted octanol–water partition coefficient (Wildman–Crippen LogP) is 6.05. The summed E-state index contributed by atoms with van der Waals surface area (Å²) in [6.45, 7) is 2.58. The zero-order valence-electron chi connectivity index (χ0n) is 17.0. The summed E-state index contributed by atoms with van der Waals surface area (Å²) in [5.74, 6) is 2.20. The molecule has 5 nitrogen and oxygen atoms in total. The maximum atomic E-state index is 6.10. The second-order valence-corrected chi connectivity index (χ2v) is 7.63. The molecule has 31 heavy (non-hydrogen) atoms. The molecule has 0 amide bonds. The first-order valence-electron chi connectivity index (χ1n) is 10.2. The summed E-state index contributed by atoms with van der Waals surface area (Å²) in [6, 6.07) is 25.6. The smallest absolute Gasteiger partial charge is 0.227 e. The highest BCUT2D eigenvalue weighted by atomic mass is 35.5. The van der Waals surface area contributed by atoms with Crippen molar-refractivity contribution < 1.29 is 4.74 Å². The Morgan fingerprint density at radius 2 is 1.68 bits per heavy atom. The number of hydrogen-bond donors (Lipinski definition) is 1. The molecule has 0 saturated carbocycles. The van der Waals surface area contributed by atoms with Crippen molar-refractivity contribution in [2.45, 2.75) is 13.0 Å². The molecule has 0 radical (unpaired) electrons. The van der Waals surface area contributed by atoms with E-state index < -0.39 is 0 Å². The van der Waals surface area contributed by atoms with Gasteiger partial charge in [0.15, 0.2) is 5.82 Å². The van der Waals surface area contributed by atoms with Crippen molar-refractivity contribution in [2.75, 3.05) is 11.9 Å². The van der Waals surface area contributed by atoms with Gasteiger partial charge in [0, 0.05) is 21.8 Å². The standard InChI is InChI=1S/C25H21ClN4O/c1-2-31-23-11-7-6-10-20(23)22-16-21(17-12-14-19(26)15-13-17)27-25-28-24(29-30(22)25)18-8-4-3-5-9-18/h3-16,22H,2H2,1H3,(H,27,28,29). The number of rotatable bonds is 5. The Morgan fingerprint density at radius 3 is 2.45 bits per heavy atom. The number of fused-ring (bicyclic) bond motifs is 1. The summed E-state index contributed by atoms with van der Waals surface area (Å²) in [6.07, 6.45) is 2.15. The lowest BCUT2D eigenvalue weighted by atomic mass is 10.0. The third-order valence-electron chi connectivity index (χ3n) is 5.19. The molecular weight excluding hydrogens is 408 g/mol. The van der Waals surface area contributed by atoms with Gasteiger partial charge in [-0.25, -0.2) is 4.68 Å². The van der Waals surface area contributed by atoms with Crippen LogP contribution in [0.4, 0.5) is 5.95 Å². The molecule has 0 aliphatic carbocycles. The molecule has 5 rings (SSSR count). The van der Waals surface area contributed by atoms with E-state index >= 15 is 0 Å². The number of ether oxygens (including phenoxy) is 1. The number of benzene rings is 3. The highest BCUT2D eigenvalue weighted by molar-refractivity contribution is 6.30. The minimum Gasteiger partial charge on any atom is -0.494 e. The Bertz CT molecular complexity index is 1230. The fourth-order valence-corrected chi connectivity index (χ4v) is 3.86. The SMILES string of the molecule is CCOc1ccccc1C1C=C(c2ccc(Cl)cc2)Nc2nc(-c3ccccc3)nn21. The molecule has 1 N–H and O–H groups in total. The molecule has 0 saturated heterocycles. The Kier molecular flexibility index (Phi) is 5.18. The van der Waals surface area contributed by atoms with Gasteiger partial charge in [-0.1, -0.05) is 72.3 Å². The molecule has 1 aliphatic heterocycles. The Hall–Kier alpha value is -3.57. The van der Waals surface area contributed by atoms with Gasteiger partial charge in [0.2, 0.25) is 5.95 Å². The molecule has 1 aliphatic rings. The number of nitrogens with zero attached hydrogens (tertiary/aromatic N) is 3. The Balaban J connectivity index is 1.65. The summed E-state index contributed by atoms with van der Waals surface area (Å²) in [7, 11) is 0. The normalized spacial score (nSPS) is 15.0. The van der Waals surface area contributed by atoms with Crippen LogP contribution in [0.15, 0.2) is 84.9 Å². The first-order chi connectivity index (χ1) is 15.2. The van der Waals surface area contributed by atoms with E-state index in [1.807, 2.05) is 84.4 Å². The number of halogens is 1. The van der Waals surface area contributed by atoms with E-state index in [9.17, 15) is 0 Å². The van der Waals surface area contributed by atoms with Crippen molar-refractivity contribution in [1.29, 1.82) is 0 Å². The summed E-state index contributed by atoms with van der Waals surface area (Å²) < 4.78 is 7.84. The third kappa shape index (κ3) is 3.80. The van der Waals surface area contributed by atoms with Crippen molar-refractivity contribution in [3.05, 3.63) is 101 Å². The van der Waals surface area contributed by atoms with Crippen LogP contribution >= 0.6 is 11.6 Å². The molecule has 6 heteroatoms. The molecule has 4 aromatic rings. The van der Waals surface area contributed by atoms with Crippen molar-refractivity contribution in [1.82, 2.24) is 14.8 Å². The molecule has 0 fully saturated rings. The van der Waals surface area contributed by atoms with E-state index in [2.05, 4.69) is 17.5 Å². The number of allylic oxidation sites excluding steroid dienone is 1. The van der Waals surface area contributed by atoms with E-state index in [1.54, 1.807) is 0 Å². The van der Waals surface area contributed by atoms with Gasteiger partial charge in [-0.3, -0.25) is 0 Å². The zero-order valence-corrected chi connectivity index (χ0v) is 17.8. The molecule has 1 atom stereocenters. The monoisotopic (exact) mass is 428 g/mol. The second kappa shape index (κ2) is 8.28. The fourth-order valence-electron chi connectivity index (χ4n) is 3.73. The van der Waals surface area contributed by atoms with Crippen molar-refractivity contribution >= 4 is 23.2 Å². The van der Waals surface area contributed by atoms with Gasteiger partial charge < -0.3 is 10.1 Å². The van der Waals surface area contributed by atoms with Crippen LogP contribution in [0.5, 0.6) is 5.75 Å². The molecule has 2 heterocycles. The summed E-state index contributed by atoms with van der Waals surface area (Å²) >= 11 is 6.10. The van der Waals surface area contributed by atoms with Gasteiger partial charge in [-0.2, -0.15) is 4.98 Å². The van der Waals surface area contributed by atoms with Crippen molar-refractivity contribution in [2.24, 2.45) is 0 Å². The lowest BCUT2D eigenvalue weighted by molar-refractivity contribution is 0.333. The van der Waals surface area contributed by atoms with E-state index in [0.29, 0.717) is 23.4 Å². The molecule has 1 unspecified atom stereocenters. The predicted molar refractivity (Wildman–Crippen MR) is 124 cm³/mol. The number of nitrogens with one attached hydrogen (secondary N) is 1.